The standard InChI is InChI=1S/C18H26FNO/c1-3-9-20-16-12-18(8-7-13(4-2)11-18)21-17-10-14(19)5-6-15(16)17/h5-6,10,13,16,20H,3-4,7-9,11-12H2,1-2H3. The fourth-order valence-electron chi connectivity index (χ4n) is 3.97. The maximum Gasteiger partial charge on any atom is 0.127 e. The van der Waals surface area contributed by atoms with Gasteiger partial charge in [-0.25, -0.2) is 4.39 Å². The van der Waals surface area contributed by atoms with E-state index in [2.05, 4.69) is 19.2 Å². The van der Waals surface area contributed by atoms with Crippen LogP contribution in [0.2, 0.25) is 0 Å². The lowest BCUT2D eigenvalue weighted by atomic mass is 9.85. The summed E-state index contributed by atoms with van der Waals surface area (Å²) in [7, 11) is 0. The van der Waals surface area contributed by atoms with Gasteiger partial charge in [-0.05, 0) is 44.2 Å². The number of hydrogen-bond donors (Lipinski definition) is 1. The van der Waals surface area contributed by atoms with Crippen molar-refractivity contribution in [2.75, 3.05) is 6.54 Å². The summed E-state index contributed by atoms with van der Waals surface area (Å²) in [4.78, 5) is 0. The Kier molecular flexibility index (Phi) is 4.21. The third-order valence-electron chi connectivity index (χ3n) is 5.14. The monoisotopic (exact) mass is 291 g/mol. The van der Waals surface area contributed by atoms with Crippen LogP contribution < -0.4 is 10.1 Å². The number of benzene rings is 1. The molecule has 1 aromatic rings. The largest absolute Gasteiger partial charge is 0.487 e. The molecule has 0 bridgehead atoms. The van der Waals surface area contributed by atoms with Gasteiger partial charge in [0.05, 0.1) is 0 Å². The molecule has 1 saturated carbocycles. The Balaban J connectivity index is 1.88. The average molecular weight is 291 g/mol. The van der Waals surface area contributed by atoms with E-state index in [4.69, 9.17) is 4.74 Å². The predicted octanol–water partition coefficient (Wildman–Crippen LogP) is 4.60. The second kappa shape index (κ2) is 5.96. The molecule has 3 rings (SSSR count). The van der Waals surface area contributed by atoms with Gasteiger partial charge in [-0.2, -0.15) is 0 Å². The van der Waals surface area contributed by atoms with Crippen LogP contribution in [0.25, 0.3) is 0 Å². The van der Waals surface area contributed by atoms with Crippen LogP contribution in [0.5, 0.6) is 5.75 Å². The molecule has 2 aliphatic rings. The van der Waals surface area contributed by atoms with Gasteiger partial charge < -0.3 is 10.1 Å². The molecule has 3 heteroatoms. The first-order valence-electron chi connectivity index (χ1n) is 8.37. The Bertz CT molecular complexity index is 504. The highest BCUT2D eigenvalue weighted by Gasteiger charge is 2.45. The van der Waals surface area contributed by atoms with E-state index >= 15 is 0 Å². The molecule has 1 aliphatic carbocycles. The Labute approximate surface area is 127 Å². The molecule has 116 valence electrons. The van der Waals surface area contributed by atoms with Crippen molar-refractivity contribution in [2.24, 2.45) is 5.92 Å². The van der Waals surface area contributed by atoms with Crippen LogP contribution in [0.15, 0.2) is 18.2 Å². The van der Waals surface area contributed by atoms with Crippen LogP contribution in [0.1, 0.15) is 64.0 Å². The van der Waals surface area contributed by atoms with Gasteiger partial charge in [-0.3, -0.25) is 0 Å². The molecule has 1 spiro atoms. The summed E-state index contributed by atoms with van der Waals surface area (Å²) in [6.07, 6.45) is 6.80. The maximum absolute atomic E-state index is 13.6. The zero-order valence-electron chi connectivity index (χ0n) is 13.1. The fourth-order valence-corrected chi connectivity index (χ4v) is 3.97. The second-order valence-corrected chi connectivity index (χ2v) is 6.70. The van der Waals surface area contributed by atoms with Crippen LogP contribution >= 0.6 is 0 Å². The van der Waals surface area contributed by atoms with E-state index in [9.17, 15) is 4.39 Å². The molecule has 1 aliphatic heterocycles. The number of nitrogens with one attached hydrogen (secondary N) is 1. The number of halogens is 1. The summed E-state index contributed by atoms with van der Waals surface area (Å²) in [6.45, 7) is 5.43. The predicted molar refractivity (Wildman–Crippen MR) is 83.0 cm³/mol. The highest BCUT2D eigenvalue weighted by molar-refractivity contribution is 5.39. The van der Waals surface area contributed by atoms with E-state index in [-0.39, 0.29) is 11.4 Å². The molecule has 0 aromatic heterocycles. The highest BCUT2D eigenvalue weighted by atomic mass is 19.1. The molecular weight excluding hydrogens is 265 g/mol. The molecule has 1 aromatic carbocycles. The molecule has 1 fully saturated rings. The van der Waals surface area contributed by atoms with Crippen molar-refractivity contribution in [1.29, 1.82) is 0 Å². The van der Waals surface area contributed by atoms with Crippen LogP contribution in [0.3, 0.4) is 0 Å². The summed E-state index contributed by atoms with van der Waals surface area (Å²) in [5, 5.41) is 3.63. The fraction of sp³-hybridized carbons (Fsp3) is 0.667. The summed E-state index contributed by atoms with van der Waals surface area (Å²) < 4.78 is 19.9. The number of hydrogen-bond acceptors (Lipinski definition) is 2. The quantitative estimate of drug-likeness (QED) is 0.875. The first-order valence-corrected chi connectivity index (χ1v) is 8.37. The molecule has 2 nitrogen and oxygen atoms in total. The summed E-state index contributed by atoms with van der Waals surface area (Å²) in [6, 6.07) is 5.29. The molecule has 0 radical (unpaired) electrons. The molecule has 3 unspecified atom stereocenters. The van der Waals surface area contributed by atoms with Gasteiger partial charge in [-0.15, -0.1) is 0 Å². The molecule has 0 saturated heterocycles. The summed E-state index contributed by atoms with van der Waals surface area (Å²) in [5.41, 5.74) is 1.04. The third kappa shape index (κ3) is 2.94. The molecule has 1 heterocycles. The molecule has 0 amide bonds. The Hall–Kier alpha value is -1.09. The van der Waals surface area contributed by atoms with Crippen molar-refractivity contribution < 1.29 is 9.13 Å². The lowest BCUT2D eigenvalue weighted by Gasteiger charge is -2.40. The first kappa shape index (κ1) is 14.8. The topological polar surface area (TPSA) is 21.3 Å². The number of ether oxygens (including phenoxy) is 1. The minimum atomic E-state index is -0.204. The van der Waals surface area contributed by atoms with Gasteiger partial charge in [0, 0.05) is 24.1 Å². The SMILES string of the molecule is CCCNC1CC2(CCC(CC)C2)Oc2cc(F)ccc21. The van der Waals surface area contributed by atoms with Crippen LogP contribution in [-0.2, 0) is 0 Å². The minimum Gasteiger partial charge on any atom is -0.487 e. The van der Waals surface area contributed by atoms with Gasteiger partial charge in [0.2, 0.25) is 0 Å². The maximum atomic E-state index is 13.6. The van der Waals surface area contributed by atoms with Gasteiger partial charge in [0.15, 0.2) is 0 Å². The van der Waals surface area contributed by atoms with Crippen LogP contribution in [0, 0.1) is 11.7 Å². The Morgan fingerprint density at radius 1 is 1.33 bits per heavy atom. The summed E-state index contributed by atoms with van der Waals surface area (Å²) in [5.74, 6) is 1.31. The molecule has 3 atom stereocenters. The van der Waals surface area contributed by atoms with E-state index in [1.54, 1.807) is 12.1 Å². The number of fused-ring (bicyclic) bond motifs is 1. The van der Waals surface area contributed by atoms with Crippen LogP contribution in [0.4, 0.5) is 4.39 Å². The third-order valence-corrected chi connectivity index (χ3v) is 5.14. The molecular formula is C18H26FNO. The van der Waals surface area contributed by atoms with E-state index in [0.29, 0.717) is 6.04 Å². The Morgan fingerprint density at radius 3 is 2.90 bits per heavy atom. The molecule has 1 N–H and O–H groups in total. The van der Waals surface area contributed by atoms with Crippen molar-refractivity contribution in [3.05, 3.63) is 29.6 Å². The zero-order valence-corrected chi connectivity index (χ0v) is 13.1. The van der Waals surface area contributed by atoms with Gasteiger partial charge in [0.1, 0.15) is 17.2 Å². The van der Waals surface area contributed by atoms with Crippen molar-refractivity contribution in [1.82, 2.24) is 5.32 Å². The van der Waals surface area contributed by atoms with Crippen molar-refractivity contribution in [3.63, 3.8) is 0 Å². The molecule has 21 heavy (non-hydrogen) atoms. The van der Waals surface area contributed by atoms with E-state index in [0.717, 1.165) is 49.5 Å². The van der Waals surface area contributed by atoms with Crippen LogP contribution in [-0.4, -0.2) is 12.1 Å². The first-order chi connectivity index (χ1) is 10.2. The highest BCUT2D eigenvalue weighted by Crippen LogP contribution is 2.49. The number of rotatable bonds is 4. The average Bonchev–Trinajstić information content (AvgIpc) is 2.87. The minimum absolute atomic E-state index is 0.0765. The van der Waals surface area contributed by atoms with E-state index < -0.39 is 0 Å². The van der Waals surface area contributed by atoms with Crippen molar-refractivity contribution >= 4 is 0 Å². The lowest BCUT2D eigenvalue weighted by molar-refractivity contribution is 0.0324. The summed E-state index contributed by atoms with van der Waals surface area (Å²) >= 11 is 0. The lowest BCUT2D eigenvalue weighted by Crippen LogP contribution is -2.42. The van der Waals surface area contributed by atoms with Gasteiger partial charge in [-0.1, -0.05) is 26.3 Å². The Morgan fingerprint density at radius 2 is 2.19 bits per heavy atom. The van der Waals surface area contributed by atoms with Gasteiger partial charge >= 0.3 is 0 Å². The van der Waals surface area contributed by atoms with Crippen molar-refractivity contribution in [2.45, 2.75) is 64.0 Å². The van der Waals surface area contributed by atoms with Gasteiger partial charge in [0.25, 0.3) is 0 Å². The normalized spacial score (nSPS) is 31.2. The van der Waals surface area contributed by atoms with E-state index in [1.807, 2.05) is 6.07 Å². The van der Waals surface area contributed by atoms with Crippen molar-refractivity contribution in [3.8, 4) is 5.75 Å². The zero-order chi connectivity index (χ0) is 14.9. The van der Waals surface area contributed by atoms with E-state index in [1.165, 1.54) is 12.8 Å². The smallest absolute Gasteiger partial charge is 0.127 e. The second-order valence-electron chi connectivity index (χ2n) is 6.70.